The topological polar surface area (TPSA) is 49.9 Å². The highest BCUT2D eigenvalue weighted by Gasteiger charge is 2.47. The average Bonchev–Trinajstić information content (AvgIpc) is 2.68. The number of hydrogen-bond donors (Lipinski definition) is 0. The van der Waals surface area contributed by atoms with Crippen LogP contribution in [-0.2, 0) is 9.53 Å². The molecule has 2 unspecified atom stereocenters. The van der Waals surface area contributed by atoms with Gasteiger partial charge in [-0.3, -0.25) is 9.69 Å². The molecule has 2 saturated heterocycles. The number of carbonyl (C=O) groups is 2. The van der Waals surface area contributed by atoms with E-state index in [1.807, 2.05) is 13.8 Å². The van der Waals surface area contributed by atoms with Crippen LogP contribution in [0.1, 0.15) is 13.8 Å². The van der Waals surface area contributed by atoms with Gasteiger partial charge in [0.15, 0.2) is 0 Å². The Morgan fingerprint density at radius 1 is 1.27 bits per heavy atom. The molecule has 84 valence electrons. The first-order chi connectivity index (χ1) is 7.20. The van der Waals surface area contributed by atoms with Crippen LogP contribution in [0.25, 0.3) is 0 Å². The number of hydrogen-bond acceptors (Lipinski definition) is 3. The minimum Gasteiger partial charge on any atom is -0.378 e. The molecule has 0 saturated carbocycles. The molecule has 2 fully saturated rings. The highest BCUT2D eigenvalue weighted by atomic mass is 16.5. The number of nitrogens with zero attached hydrogens (tertiary/aromatic N) is 2. The van der Waals surface area contributed by atoms with Crippen LogP contribution in [0.5, 0.6) is 0 Å². The SMILES string of the molecule is CCN1C(=O)C2COCC2N(CC)C1=O. The molecule has 3 amide bonds. The second-order valence-electron chi connectivity index (χ2n) is 3.86. The lowest BCUT2D eigenvalue weighted by Crippen LogP contribution is -2.61. The van der Waals surface area contributed by atoms with Crippen LogP contribution in [0.3, 0.4) is 0 Å². The average molecular weight is 212 g/mol. The smallest absolute Gasteiger partial charge is 0.327 e. The summed E-state index contributed by atoms with van der Waals surface area (Å²) in [5.74, 6) is -0.225. The number of likely N-dealkylation sites (N-methyl/N-ethyl adjacent to an activating group) is 1. The first-order valence-corrected chi connectivity index (χ1v) is 5.40. The molecule has 0 spiro atoms. The number of fused-ring (bicyclic) bond motifs is 1. The van der Waals surface area contributed by atoms with Crippen molar-refractivity contribution in [1.29, 1.82) is 0 Å². The first-order valence-electron chi connectivity index (χ1n) is 5.40. The molecule has 2 aliphatic rings. The third kappa shape index (κ3) is 1.42. The van der Waals surface area contributed by atoms with Crippen molar-refractivity contribution >= 4 is 11.9 Å². The Hall–Kier alpha value is -1.10. The highest BCUT2D eigenvalue weighted by molar-refractivity contribution is 5.98. The molecule has 5 nitrogen and oxygen atoms in total. The second kappa shape index (κ2) is 3.81. The van der Waals surface area contributed by atoms with Crippen molar-refractivity contribution in [2.75, 3.05) is 26.3 Å². The Bertz CT molecular complexity index is 292. The van der Waals surface area contributed by atoms with Gasteiger partial charge in [-0.15, -0.1) is 0 Å². The number of imide groups is 1. The number of ether oxygens (including phenoxy) is 1. The summed E-state index contributed by atoms with van der Waals surface area (Å²) in [5, 5.41) is 0. The van der Waals surface area contributed by atoms with E-state index in [2.05, 4.69) is 0 Å². The maximum Gasteiger partial charge on any atom is 0.327 e. The standard InChI is InChI=1S/C10H16N2O3/c1-3-11-8-6-15-5-7(8)9(13)12(4-2)10(11)14/h7-8H,3-6H2,1-2H3. The Kier molecular flexibility index (Phi) is 2.65. The Labute approximate surface area is 89.0 Å². The number of carbonyl (C=O) groups excluding carboxylic acids is 2. The number of urea groups is 1. The van der Waals surface area contributed by atoms with Crippen LogP contribution >= 0.6 is 0 Å². The van der Waals surface area contributed by atoms with Gasteiger partial charge in [-0.1, -0.05) is 0 Å². The first kappa shape index (κ1) is 10.4. The van der Waals surface area contributed by atoms with Crippen LogP contribution in [0.2, 0.25) is 0 Å². The third-order valence-electron chi connectivity index (χ3n) is 3.17. The van der Waals surface area contributed by atoms with Gasteiger partial charge in [0.2, 0.25) is 5.91 Å². The van der Waals surface area contributed by atoms with E-state index in [1.54, 1.807) is 4.90 Å². The molecule has 2 rings (SSSR count). The van der Waals surface area contributed by atoms with Crippen LogP contribution in [0.4, 0.5) is 4.79 Å². The lowest BCUT2D eigenvalue weighted by Gasteiger charge is -2.40. The van der Waals surface area contributed by atoms with Crippen molar-refractivity contribution < 1.29 is 14.3 Å². The van der Waals surface area contributed by atoms with Crippen LogP contribution in [0.15, 0.2) is 0 Å². The maximum atomic E-state index is 11.9. The normalized spacial score (nSPS) is 31.1. The van der Waals surface area contributed by atoms with Crippen LogP contribution < -0.4 is 0 Å². The van der Waals surface area contributed by atoms with E-state index in [-0.39, 0.29) is 23.9 Å². The van der Waals surface area contributed by atoms with Crippen LogP contribution in [0, 0.1) is 5.92 Å². The quantitative estimate of drug-likeness (QED) is 0.661. The van der Waals surface area contributed by atoms with E-state index in [1.165, 1.54) is 4.90 Å². The summed E-state index contributed by atoms with van der Waals surface area (Å²) < 4.78 is 5.29. The van der Waals surface area contributed by atoms with Gasteiger partial charge in [0, 0.05) is 13.1 Å². The minimum atomic E-state index is -0.170. The third-order valence-corrected chi connectivity index (χ3v) is 3.17. The zero-order valence-electron chi connectivity index (χ0n) is 9.10. The summed E-state index contributed by atoms with van der Waals surface area (Å²) in [4.78, 5) is 26.9. The number of amides is 3. The minimum absolute atomic E-state index is 0.0437. The molecule has 2 heterocycles. The van der Waals surface area contributed by atoms with E-state index >= 15 is 0 Å². The highest BCUT2D eigenvalue weighted by Crippen LogP contribution is 2.27. The molecule has 0 aromatic carbocycles. The predicted octanol–water partition coefficient (Wildman–Crippen LogP) is 0.305. The predicted molar refractivity (Wildman–Crippen MR) is 53.3 cm³/mol. The zero-order chi connectivity index (χ0) is 11.0. The molecule has 0 bridgehead atoms. The van der Waals surface area contributed by atoms with Gasteiger partial charge in [0.25, 0.3) is 0 Å². The van der Waals surface area contributed by atoms with Crippen molar-refractivity contribution in [1.82, 2.24) is 9.80 Å². The lowest BCUT2D eigenvalue weighted by molar-refractivity contribution is -0.137. The molecule has 2 aliphatic heterocycles. The second-order valence-corrected chi connectivity index (χ2v) is 3.86. The van der Waals surface area contributed by atoms with Gasteiger partial charge in [0.05, 0.1) is 25.2 Å². The van der Waals surface area contributed by atoms with E-state index in [0.717, 1.165) is 0 Å². The molecular weight excluding hydrogens is 196 g/mol. The zero-order valence-corrected chi connectivity index (χ0v) is 9.10. The van der Waals surface area contributed by atoms with Gasteiger partial charge >= 0.3 is 6.03 Å². The van der Waals surface area contributed by atoms with E-state index in [4.69, 9.17) is 4.74 Å². The summed E-state index contributed by atoms with van der Waals surface area (Å²) >= 11 is 0. The molecule has 0 aromatic rings. The fraction of sp³-hybridized carbons (Fsp3) is 0.800. The van der Waals surface area contributed by atoms with Gasteiger partial charge < -0.3 is 9.64 Å². The largest absolute Gasteiger partial charge is 0.378 e. The molecule has 15 heavy (non-hydrogen) atoms. The van der Waals surface area contributed by atoms with Crippen molar-refractivity contribution in [2.24, 2.45) is 5.92 Å². The molecule has 0 N–H and O–H groups in total. The van der Waals surface area contributed by atoms with E-state index in [9.17, 15) is 9.59 Å². The van der Waals surface area contributed by atoms with Crippen LogP contribution in [-0.4, -0.2) is 54.1 Å². The van der Waals surface area contributed by atoms with Gasteiger partial charge in [-0.05, 0) is 13.8 Å². The fourth-order valence-corrected chi connectivity index (χ4v) is 2.34. The van der Waals surface area contributed by atoms with E-state index in [0.29, 0.717) is 26.3 Å². The number of rotatable bonds is 2. The molecule has 0 aliphatic carbocycles. The summed E-state index contributed by atoms with van der Waals surface area (Å²) in [6, 6.07) is -0.213. The fourth-order valence-electron chi connectivity index (χ4n) is 2.34. The van der Waals surface area contributed by atoms with Gasteiger partial charge in [0.1, 0.15) is 0 Å². The Balaban J connectivity index is 2.28. The molecule has 5 heteroatoms. The van der Waals surface area contributed by atoms with Crippen molar-refractivity contribution in [3.05, 3.63) is 0 Å². The molecule has 2 atom stereocenters. The molecular formula is C10H16N2O3. The van der Waals surface area contributed by atoms with Gasteiger partial charge in [-0.2, -0.15) is 0 Å². The van der Waals surface area contributed by atoms with Crippen molar-refractivity contribution in [3.8, 4) is 0 Å². The summed E-state index contributed by atoms with van der Waals surface area (Å²) in [7, 11) is 0. The summed E-state index contributed by atoms with van der Waals surface area (Å²) in [6.07, 6.45) is 0. The lowest BCUT2D eigenvalue weighted by atomic mass is 9.98. The summed E-state index contributed by atoms with van der Waals surface area (Å²) in [5.41, 5.74) is 0. The van der Waals surface area contributed by atoms with Gasteiger partial charge in [-0.25, -0.2) is 4.79 Å². The molecule has 0 aromatic heterocycles. The Morgan fingerprint density at radius 2 is 2.00 bits per heavy atom. The van der Waals surface area contributed by atoms with E-state index < -0.39 is 0 Å². The van der Waals surface area contributed by atoms with Crippen molar-refractivity contribution in [3.63, 3.8) is 0 Å². The monoisotopic (exact) mass is 212 g/mol. The molecule has 0 radical (unpaired) electrons. The Morgan fingerprint density at radius 3 is 2.60 bits per heavy atom. The van der Waals surface area contributed by atoms with Crippen molar-refractivity contribution in [2.45, 2.75) is 19.9 Å². The summed E-state index contributed by atoms with van der Waals surface area (Å²) in [6.45, 7) is 5.76. The maximum absolute atomic E-state index is 11.9.